The minimum Gasteiger partial charge on any atom is -0.377 e. The molecule has 0 amide bonds. The molecule has 0 aliphatic rings. The minimum atomic E-state index is 0. The SMILES string of the molecule is C.CC.CC.CC.CC(C)COCc1ccccc1.CC(C)Cc1ccccc1.CC(C)c1ccccc1. The van der Waals surface area contributed by atoms with Gasteiger partial charge >= 0.3 is 0 Å². The zero-order valence-electron chi connectivity index (χ0n) is 26.4. The fraction of sp³-hybridized carbons (Fsp3) is 0.514. The first kappa shape index (κ1) is 42.7. The van der Waals surface area contributed by atoms with E-state index >= 15 is 0 Å². The molecule has 0 aromatic heterocycles. The van der Waals surface area contributed by atoms with Gasteiger partial charge < -0.3 is 4.74 Å². The zero-order valence-corrected chi connectivity index (χ0v) is 26.4. The molecule has 218 valence electrons. The van der Waals surface area contributed by atoms with Crippen molar-refractivity contribution in [2.45, 2.75) is 109 Å². The van der Waals surface area contributed by atoms with Crippen molar-refractivity contribution in [3.8, 4) is 0 Å². The lowest BCUT2D eigenvalue weighted by molar-refractivity contribution is 0.0971. The molecular weight excluding hydrogens is 460 g/mol. The first-order valence-corrected chi connectivity index (χ1v) is 14.6. The number of benzene rings is 3. The minimum absolute atomic E-state index is 0. The molecule has 0 fully saturated rings. The molecule has 0 saturated heterocycles. The summed E-state index contributed by atoms with van der Waals surface area (Å²) in [5, 5.41) is 0. The highest BCUT2D eigenvalue weighted by Crippen LogP contribution is 2.11. The Morgan fingerprint density at radius 3 is 1.18 bits per heavy atom. The number of hydrogen-bond acceptors (Lipinski definition) is 1. The van der Waals surface area contributed by atoms with Crippen LogP contribution >= 0.6 is 0 Å². The Morgan fingerprint density at radius 2 is 0.868 bits per heavy atom. The first-order chi connectivity index (χ1) is 17.9. The predicted octanol–water partition coefficient (Wildman–Crippen LogP) is 12.3. The molecule has 0 unspecified atom stereocenters. The molecule has 0 aliphatic carbocycles. The van der Waals surface area contributed by atoms with Crippen molar-refractivity contribution in [3.05, 3.63) is 108 Å². The van der Waals surface area contributed by atoms with E-state index in [0.717, 1.165) is 19.1 Å². The third kappa shape index (κ3) is 28.2. The van der Waals surface area contributed by atoms with Gasteiger partial charge in [0.2, 0.25) is 0 Å². The first-order valence-electron chi connectivity index (χ1n) is 14.6. The molecule has 0 radical (unpaired) electrons. The molecule has 38 heavy (non-hydrogen) atoms. The quantitative estimate of drug-likeness (QED) is 0.298. The maximum absolute atomic E-state index is 5.48. The van der Waals surface area contributed by atoms with E-state index in [2.05, 4.69) is 108 Å². The van der Waals surface area contributed by atoms with Crippen molar-refractivity contribution in [2.24, 2.45) is 11.8 Å². The van der Waals surface area contributed by atoms with Gasteiger partial charge in [-0.3, -0.25) is 0 Å². The summed E-state index contributed by atoms with van der Waals surface area (Å²) in [6.07, 6.45) is 1.20. The lowest BCUT2D eigenvalue weighted by Gasteiger charge is -2.05. The van der Waals surface area contributed by atoms with E-state index < -0.39 is 0 Å². The summed E-state index contributed by atoms with van der Waals surface area (Å²) < 4.78 is 5.48. The summed E-state index contributed by atoms with van der Waals surface area (Å²) in [4.78, 5) is 0. The Hall–Kier alpha value is -2.38. The van der Waals surface area contributed by atoms with Crippen LogP contribution < -0.4 is 0 Å². The average molecular weight is 525 g/mol. The molecule has 0 bridgehead atoms. The summed E-state index contributed by atoms with van der Waals surface area (Å²) in [6, 6.07) is 31.4. The second-order valence-corrected chi connectivity index (χ2v) is 9.04. The monoisotopic (exact) mass is 524 g/mol. The smallest absolute Gasteiger partial charge is 0.0717 e. The average Bonchev–Trinajstić information content (AvgIpc) is 2.94. The third-order valence-corrected chi connectivity index (χ3v) is 4.52. The van der Waals surface area contributed by atoms with Crippen LogP contribution in [0.3, 0.4) is 0 Å². The van der Waals surface area contributed by atoms with Gasteiger partial charge in [0.05, 0.1) is 6.61 Å². The normalized spacial score (nSPS) is 8.92. The van der Waals surface area contributed by atoms with Gasteiger partial charge in [0.15, 0.2) is 0 Å². The summed E-state index contributed by atoms with van der Waals surface area (Å²) in [6.45, 7) is 26.8. The highest BCUT2D eigenvalue weighted by atomic mass is 16.5. The van der Waals surface area contributed by atoms with Crippen LogP contribution in [0.4, 0.5) is 0 Å². The number of rotatable bonds is 7. The van der Waals surface area contributed by atoms with Crippen molar-refractivity contribution in [1.82, 2.24) is 0 Å². The van der Waals surface area contributed by atoms with E-state index in [4.69, 9.17) is 4.74 Å². The van der Waals surface area contributed by atoms with Crippen LogP contribution in [-0.4, -0.2) is 6.61 Å². The zero-order chi connectivity index (χ0) is 28.9. The van der Waals surface area contributed by atoms with Crippen LogP contribution in [0.2, 0.25) is 0 Å². The van der Waals surface area contributed by atoms with Crippen molar-refractivity contribution < 1.29 is 4.74 Å². The number of ether oxygens (including phenoxy) is 1. The molecular formula is C37H64O. The van der Waals surface area contributed by atoms with E-state index in [-0.39, 0.29) is 7.43 Å². The molecule has 0 spiro atoms. The van der Waals surface area contributed by atoms with Crippen LogP contribution in [0.25, 0.3) is 0 Å². The van der Waals surface area contributed by atoms with E-state index in [0.29, 0.717) is 11.8 Å². The topological polar surface area (TPSA) is 9.23 Å². The molecule has 3 aromatic carbocycles. The Morgan fingerprint density at radius 1 is 0.500 bits per heavy atom. The van der Waals surface area contributed by atoms with Gasteiger partial charge in [-0.1, -0.05) is 182 Å². The highest BCUT2D eigenvalue weighted by molar-refractivity contribution is 5.17. The van der Waals surface area contributed by atoms with Gasteiger partial charge in [-0.25, -0.2) is 0 Å². The molecule has 1 nitrogen and oxygen atoms in total. The second kappa shape index (κ2) is 32.6. The van der Waals surface area contributed by atoms with E-state index in [1.807, 2.05) is 65.8 Å². The second-order valence-electron chi connectivity index (χ2n) is 9.04. The largest absolute Gasteiger partial charge is 0.377 e. The molecule has 0 aliphatic heterocycles. The lowest BCUT2D eigenvalue weighted by Crippen LogP contribution is -2.01. The van der Waals surface area contributed by atoms with E-state index in [1.165, 1.54) is 23.1 Å². The Labute approximate surface area is 240 Å². The summed E-state index contributed by atoms with van der Waals surface area (Å²) in [7, 11) is 0. The van der Waals surface area contributed by atoms with Crippen LogP contribution in [0.1, 0.15) is 113 Å². The number of hydrogen-bond donors (Lipinski definition) is 0. The van der Waals surface area contributed by atoms with Crippen LogP contribution in [0, 0.1) is 11.8 Å². The van der Waals surface area contributed by atoms with Gasteiger partial charge in [-0.05, 0) is 40.9 Å². The maximum atomic E-state index is 5.48. The molecule has 1 heteroatoms. The van der Waals surface area contributed by atoms with E-state index in [9.17, 15) is 0 Å². The Kier molecular flexibility index (Phi) is 36.7. The van der Waals surface area contributed by atoms with Crippen LogP contribution in [0.15, 0.2) is 91.0 Å². The maximum Gasteiger partial charge on any atom is 0.0717 e. The standard InChI is InChI=1S/C11H16O.C10H14.C9H12.3C2H6.CH4/c1-10(2)8-12-9-11-6-4-3-5-7-11;1-9(2)8-10-6-4-3-5-7-10;1-8(2)9-6-4-3-5-7-9;3*1-2;/h3-7,10H,8-9H2,1-2H3;3-7,9H,8H2,1-2H3;3-8H,1-2H3;3*1-2H3;1H4. The molecule has 0 saturated carbocycles. The fourth-order valence-corrected chi connectivity index (χ4v) is 2.91. The third-order valence-electron chi connectivity index (χ3n) is 4.52. The summed E-state index contributed by atoms with van der Waals surface area (Å²) in [5.41, 5.74) is 4.10. The molecule has 3 rings (SSSR count). The van der Waals surface area contributed by atoms with Crippen LogP contribution in [0.5, 0.6) is 0 Å². The Bertz CT molecular complexity index is 762. The Balaban J connectivity index is -0.000000206. The van der Waals surface area contributed by atoms with Crippen LogP contribution in [-0.2, 0) is 17.8 Å². The summed E-state index contributed by atoms with van der Waals surface area (Å²) in [5.74, 6) is 2.04. The highest BCUT2D eigenvalue weighted by Gasteiger charge is 1.95. The lowest BCUT2D eigenvalue weighted by atomic mass is 10.0. The molecule has 3 aromatic rings. The van der Waals surface area contributed by atoms with Gasteiger partial charge in [0, 0.05) is 6.61 Å². The molecule has 0 N–H and O–H groups in total. The van der Waals surface area contributed by atoms with Crippen molar-refractivity contribution in [2.75, 3.05) is 6.61 Å². The molecule has 0 heterocycles. The van der Waals surface area contributed by atoms with Crippen molar-refractivity contribution >= 4 is 0 Å². The summed E-state index contributed by atoms with van der Waals surface area (Å²) >= 11 is 0. The van der Waals surface area contributed by atoms with Gasteiger partial charge in [0.1, 0.15) is 0 Å². The fourth-order valence-electron chi connectivity index (χ4n) is 2.91. The van der Waals surface area contributed by atoms with Gasteiger partial charge in [-0.2, -0.15) is 0 Å². The van der Waals surface area contributed by atoms with Gasteiger partial charge in [-0.15, -0.1) is 0 Å². The molecule has 0 atom stereocenters. The van der Waals surface area contributed by atoms with E-state index in [1.54, 1.807) is 0 Å². The van der Waals surface area contributed by atoms with Crippen molar-refractivity contribution in [3.63, 3.8) is 0 Å². The van der Waals surface area contributed by atoms with Crippen molar-refractivity contribution in [1.29, 1.82) is 0 Å². The predicted molar refractivity (Wildman–Crippen MR) is 177 cm³/mol. The van der Waals surface area contributed by atoms with Gasteiger partial charge in [0.25, 0.3) is 0 Å².